The second kappa shape index (κ2) is 7.65. The Hall–Kier alpha value is -2.09. The van der Waals surface area contributed by atoms with E-state index in [0.29, 0.717) is 17.4 Å². The van der Waals surface area contributed by atoms with Gasteiger partial charge in [0.25, 0.3) is 0 Å². The lowest BCUT2D eigenvalue weighted by molar-refractivity contribution is 0.266. The lowest BCUT2D eigenvalue weighted by Crippen LogP contribution is -2.54. The van der Waals surface area contributed by atoms with Crippen LogP contribution in [-0.4, -0.2) is 49.4 Å². The Morgan fingerprint density at radius 2 is 2.31 bits per heavy atom. The van der Waals surface area contributed by atoms with Gasteiger partial charge in [-0.3, -0.25) is 4.98 Å². The molecule has 1 atom stereocenters. The molecule has 8 heteroatoms. The molecule has 0 radical (unpaired) electrons. The summed E-state index contributed by atoms with van der Waals surface area (Å²) in [5, 5.41) is 4.94. The monoisotopic (exact) mass is 390 g/mol. The van der Waals surface area contributed by atoms with Crippen LogP contribution in [0.2, 0.25) is 5.02 Å². The lowest BCUT2D eigenvalue weighted by Gasteiger charge is -2.35. The second-order valence-electron chi connectivity index (χ2n) is 5.98. The number of halogens is 1. The Bertz CT molecular complexity index is 890. The first-order chi connectivity index (χ1) is 12.8. The average molecular weight is 391 g/mol. The topological polar surface area (TPSA) is 59.5 Å². The van der Waals surface area contributed by atoms with Gasteiger partial charge in [-0.25, -0.2) is 4.98 Å². The van der Waals surface area contributed by atoms with Crippen molar-refractivity contribution in [3.63, 3.8) is 0 Å². The van der Waals surface area contributed by atoms with Gasteiger partial charge in [0.05, 0.1) is 24.0 Å². The number of benzene rings is 1. The van der Waals surface area contributed by atoms with Gasteiger partial charge in [-0.05, 0) is 24.3 Å². The number of hydrogen-bond donors (Lipinski definition) is 1. The van der Waals surface area contributed by atoms with Gasteiger partial charge in [-0.15, -0.1) is 0 Å². The number of hydrogen-bond acceptors (Lipinski definition) is 7. The number of methoxy groups -OCH3 is 1. The largest absolute Gasteiger partial charge is 0.495 e. The Labute approximate surface area is 160 Å². The number of nitrogens with one attached hydrogen (secondary N) is 1. The van der Waals surface area contributed by atoms with Gasteiger partial charge in [0.2, 0.25) is 0 Å². The summed E-state index contributed by atoms with van der Waals surface area (Å²) in [6.07, 6.45) is 3.46. The maximum absolute atomic E-state index is 6.43. The fourth-order valence-electron chi connectivity index (χ4n) is 3.00. The molecule has 1 unspecified atom stereocenters. The normalized spacial score (nSPS) is 17.5. The number of ether oxygens (including phenoxy) is 2. The Kier molecular flexibility index (Phi) is 5.10. The average Bonchev–Trinajstić information content (AvgIpc) is 3.13. The standard InChI is InChI=1S/C18H19ClN4O2S/c1-24-14-4-5-15-17(16(14)19)22-18(26-15)23-8-7-21-9-12(23)11-25-13-3-2-6-20-10-13/h2-6,10,12,21H,7-9,11H2,1H3. The van der Waals surface area contributed by atoms with Crippen molar-refractivity contribution in [2.75, 3.05) is 38.3 Å². The fraction of sp³-hybridized carbons (Fsp3) is 0.333. The molecule has 136 valence electrons. The van der Waals surface area contributed by atoms with Crippen molar-refractivity contribution < 1.29 is 9.47 Å². The number of aromatic nitrogens is 2. The van der Waals surface area contributed by atoms with E-state index >= 15 is 0 Å². The van der Waals surface area contributed by atoms with Crippen LogP contribution in [0.5, 0.6) is 11.5 Å². The predicted molar refractivity (Wildman–Crippen MR) is 105 cm³/mol. The highest BCUT2D eigenvalue weighted by molar-refractivity contribution is 7.22. The molecule has 3 aromatic rings. The van der Waals surface area contributed by atoms with Crippen molar-refractivity contribution in [2.45, 2.75) is 6.04 Å². The smallest absolute Gasteiger partial charge is 0.186 e. The summed E-state index contributed by atoms with van der Waals surface area (Å²) in [7, 11) is 1.61. The number of rotatable bonds is 5. The minimum atomic E-state index is 0.185. The molecule has 1 saturated heterocycles. The first kappa shape index (κ1) is 17.3. The summed E-state index contributed by atoms with van der Waals surface area (Å²) in [5.41, 5.74) is 0.788. The fourth-order valence-corrected chi connectivity index (χ4v) is 4.41. The molecule has 1 N–H and O–H groups in total. The van der Waals surface area contributed by atoms with Crippen molar-refractivity contribution >= 4 is 38.3 Å². The summed E-state index contributed by atoms with van der Waals surface area (Å²) < 4.78 is 12.3. The molecule has 0 saturated carbocycles. The summed E-state index contributed by atoms with van der Waals surface area (Å²) in [5.74, 6) is 1.42. The van der Waals surface area contributed by atoms with Crippen LogP contribution < -0.4 is 19.7 Å². The van der Waals surface area contributed by atoms with Crippen molar-refractivity contribution in [3.8, 4) is 11.5 Å². The van der Waals surface area contributed by atoms with Gasteiger partial charge in [-0.2, -0.15) is 0 Å². The minimum absolute atomic E-state index is 0.185. The molecule has 1 aliphatic heterocycles. The quantitative estimate of drug-likeness (QED) is 0.721. The molecule has 6 nitrogen and oxygen atoms in total. The predicted octanol–water partition coefficient (Wildman–Crippen LogP) is 3.21. The van der Waals surface area contributed by atoms with Crippen molar-refractivity contribution in [1.82, 2.24) is 15.3 Å². The number of pyridine rings is 1. The molecular formula is C18H19ClN4O2S. The molecule has 1 aliphatic rings. The van der Waals surface area contributed by atoms with Crippen LogP contribution in [0, 0.1) is 0 Å². The first-order valence-corrected chi connectivity index (χ1v) is 9.59. The summed E-state index contributed by atoms with van der Waals surface area (Å²) in [4.78, 5) is 11.2. The van der Waals surface area contributed by atoms with Gasteiger partial charge >= 0.3 is 0 Å². The van der Waals surface area contributed by atoms with Crippen LogP contribution >= 0.6 is 22.9 Å². The van der Waals surface area contributed by atoms with Crippen molar-refractivity contribution in [3.05, 3.63) is 41.7 Å². The second-order valence-corrected chi connectivity index (χ2v) is 7.36. The summed E-state index contributed by atoms with van der Waals surface area (Å²) in [6, 6.07) is 7.86. The Morgan fingerprint density at radius 3 is 3.12 bits per heavy atom. The zero-order valence-corrected chi connectivity index (χ0v) is 15.9. The zero-order valence-electron chi connectivity index (χ0n) is 14.3. The maximum Gasteiger partial charge on any atom is 0.186 e. The molecule has 0 amide bonds. The molecule has 0 spiro atoms. The Morgan fingerprint density at radius 1 is 1.38 bits per heavy atom. The summed E-state index contributed by atoms with van der Waals surface area (Å²) >= 11 is 8.07. The number of fused-ring (bicyclic) bond motifs is 1. The van der Waals surface area contributed by atoms with Crippen LogP contribution in [0.1, 0.15) is 0 Å². The van der Waals surface area contributed by atoms with E-state index in [1.807, 2.05) is 24.3 Å². The zero-order chi connectivity index (χ0) is 17.9. The van der Waals surface area contributed by atoms with Gasteiger partial charge < -0.3 is 19.7 Å². The van der Waals surface area contributed by atoms with E-state index in [2.05, 4.69) is 15.2 Å². The van der Waals surface area contributed by atoms with E-state index in [4.69, 9.17) is 26.1 Å². The number of thiazole rings is 1. The van der Waals surface area contributed by atoms with Gasteiger partial charge in [0, 0.05) is 25.8 Å². The SMILES string of the molecule is COc1ccc2sc(N3CCNCC3COc3cccnc3)nc2c1Cl. The molecule has 3 heterocycles. The van der Waals surface area contributed by atoms with E-state index in [1.165, 1.54) is 0 Å². The molecule has 4 rings (SSSR count). The minimum Gasteiger partial charge on any atom is -0.495 e. The van der Waals surface area contributed by atoms with Crippen LogP contribution in [0.4, 0.5) is 5.13 Å². The molecule has 1 aromatic carbocycles. The van der Waals surface area contributed by atoms with Gasteiger partial charge in [-0.1, -0.05) is 22.9 Å². The highest BCUT2D eigenvalue weighted by Crippen LogP contribution is 2.38. The number of nitrogens with zero attached hydrogens (tertiary/aromatic N) is 3. The Balaban J connectivity index is 1.57. The van der Waals surface area contributed by atoms with E-state index in [1.54, 1.807) is 30.8 Å². The molecule has 2 aromatic heterocycles. The highest BCUT2D eigenvalue weighted by Gasteiger charge is 2.26. The van der Waals surface area contributed by atoms with Crippen LogP contribution in [0.3, 0.4) is 0 Å². The van der Waals surface area contributed by atoms with E-state index in [0.717, 1.165) is 40.7 Å². The van der Waals surface area contributed by atoms with E-state index in [9.17, 15) is 0 Å². The molecule has 0 aliphatic carbocycles. The van der Waals surface area contributed by atoms with Gasteiger partial charge in [0.15, 0.2) is 5.13 Å². The molecule has 26 heavy (non-hydrogen) atoms. The molecule has 1 fully saturated rings. The number of anilines is 1. The van der Waals surface area contributed by atoms with Crippen LogP contribution in [0.25, 0.3) is 10.2 Å². The van der Waals surface area contributed by atoms with Crippen molar-refractivity contribution in [2.24, 2.45) is 0 Å². The van der Waals surface area contributed by atoms with Crippen LogP contribution in [0.15, 0.2) is 36.7 Å². The molecular weight excluding hydrogens is 372 g/mol. The third-order valence-corrected chi connectivity index (χ3v) is 5.77. The highest BCUT2D eigenvalue weighted by atomic mass is 35.5. The first-order valence-electron chi connectivity index (χ1n) is 8.39. The van der Waals surface area contributed by atoms with Crippen molar-refractivity contribution in [1.29, 1.82) is 0 Å². The lowest BCUT2D eigenvalue weighted by atomic mass is 10.2. The third-order valence-electron chi connectivity index (χ3n) is 4.35. The summed E-state index contributed by atoms with van der Waals surface area (Å²) in [6.45, 7) is 3.19. The van der Waals surface area contributed by atoms with Gasteiger partial charge in [0.1, 0.15) is 28.6 Å². The molecule has 0 bridgehead atoms. The van der Waals surface area contributed by atoms with E-state index in [-0.39, 0.29) is 6.04 Å². The third kappa shape index (κ3) is 3.42. The number of piperazine rings is 1. The van der Waals surface area contributed by atoms with E-state index < -0.39 is 0 Å². The van der Waals surface area contributed by atoms with Crippen LogP contribution in [-0.2, 0) is 0 Å². The maximum atomic E-state index is 6.43.